The number of amidine groups is 1. The molecule has 0 saturated heterocycles. The Bertz CT molecular complexity index is 1010. The van der Waals surface area contributed by atoms with Gasteiger partial charge in [0, 0.05) is 28.2 Å². The largest absolute Gasteiger partial charge is 0.494 e. The fourth-order valence-electron chi connectivity index (χ4n) is 3.39. The van der Waals surface area contributed by atoms with Crippen molar-refractivity contribution >= 4 is 22.9 Å². The SMILES string of the molecule is Cc1nc(-c2ccc(OCCCCCNc3ccc(C(N)=NO)cc3)cc2)c(C(C)C)s1. The molecule has 0 aliphatic carbocycles. The van der Waals surface area contributed by atoms with E-state index in [1.165, 1.54) is 4.88 Å². The number of unbranched alkanes of at least 4 members (excludes halogenated alkanes) is 2. The highest BCUT2D eigenvalue weighted by Gasteiger charge is 2.14. The molecule has 1 heterocycles. The Hall–Kier alpha value is -3.06. The molecule has 4 N–H and O–H groups in total. The van der Waals surface area contributed by atoms with Crippen LogP contribution in [0.4, 0.5) is 5.69 Å². The summed E-state index contributed by atoms with van der Waals surface area (Å²) in [5, 5.41) is 16.2. The van der Waals surface area contributed by atoms with Gasteiger partial charge in [-0.1, -0.05) is 19.0 Å². The van der Waals surface area contributed by atoms with Crippen LogP contribution in [0.1, 0.15) is 54.5 Å². The molecule has 0 atom stereocenters. The van der Waals surface area contributed by atoms with Gasteiger partial charge in [0.15, 0.2) is 5.84 Å². The summed E-state index contributed by atoms with van der Waals surface area (Å²) in [6.07, 6.45) is 3.16. The van der Waals surface area contributed by atoms with Gasteiger partial charge in [-0.25, -0.2) is 4.98 Å². The number of thiazole rings is 1. The number of benzene rings is 2. The van der Waals surface area contributed by atoms with Gasteiger partial charge in [-0.15, -0.1) is 11.3 Å². The number of nitrogens with zero attached hydrogens (tertiary/aromatic N) is 2. The Labute approximate surface area is 194 Å². The number of rotatable bonds is 11. The number of nitrogens with two attached hydrogens (primary N) is 1. The number of anilines is 1. The maximum Gasteiger partial charge on any atom is 0.170 e. The van der Waals surface area contributed by atoms with E-state index < -0.39 is 0 Å². The fraction of sp³-hybridized carbons (Fsp3) is 0.360. The Morgan fingerprint density at radius 1 is 1.09 bits per heavy atom. The maximum atomic E-state index is 8.70. The minimum absolute atomic E-state index is 0.115. The lowest BCUT2D eigenvalue weighted by Crippen LogP contribution is -2.12. The van der Waals surface area contributed by atoms with E-state index in [1.54, 1.807) is 11.3 Å². The van der Waals surface area contributed by atoms with Gasteiger partial charge in [-0.05, 0) is 80.6 Å². The summed E-state index contributed by atoms with van der Waals surface area (Å²) in [5.41, 5.74) is 9.54. The van der Waals surface area contributed by atoms with Crippen molar-refractivity contribution in [1.82, 2.24) is 4.98 Å². The first-order valence-corrected chi connectivity index (χ1v) is 11.8. The molecule has 7 heteroatoms. The number of aromatic nitrogens is 1. The van der Waals surface area contributed by atoms with E-state index >= 15 is 0 Å². The number of oxime groups is 1. The van der Waals surface area contributed by atoms with Gasteiger partial charge in [0.2, 0.25) is 0 Å². The van der Waals surface area contributed by atoms with Crippen LogP contribution in [0.5, 0.6) is 5.75 Å². The molecular weight excluding hydrogens is 420 g/mol. The van der Waals surface area contributed by atoms with Crippen molar-refractivity contribution in [2.75, 3.05) is 18.5 Å². The molecule has 2 aromatic carbocycles. The van der Waals surface area contributed by atoms with E-state index in [1.807, 2.05) is 36.4 Å². The standard InChI is InChI=1S/C25H32N4O2S/c1-17(2)24-23(28-18(3)32-24)19-9-13-22(14-10-19)31-16-6-4-5-15-27-21-11-7-20(8-12-21)25(26)29-30/h7-14,17,27,30H,4-6,15-16H2,1-3H3,(H2,26,29). The van der Waals surface area contributed by atoms with Crippen molar-refractivity contribution in [1.29, 1.82) is 0 Å². The molecule has 32 heavy (non-hydrogen) atoms. The summed E-state index contributed by atoms with van der Waals surface area (Å²) in [6, 6.07) is 15.8. The minimum Gasteiger partial charge on any atom is -0.494 e. The first kappa shape index (κ1) is 23.6. The van der Waals surface area contributed by atoms with Crippen LogP contribution in [0.2, 0.25) is 0 Å². The Balaban J connectivity index is 1.36. The van der Waals surface area contributed by atoms with Crippen LogP contribution in [0.15, 0.2) is 53.7 Å². The summed E-state index contributed by atoms with van der Waals surface area (Å²) in [7, 11) is 0. The molecule has 0 amide bonds. The van der Waals surface area contributed by atoms with Gasteiger partial charge in [0.05, 0.1) is 17.3 Å². The van der Waals surface area contributed by atoms with Gasteiger partial charge in [0.25, 0.3) is 0 Å². The zero-order valence-electron chi connectivity index (χ0n) is 19.0. The van der Waals surface area contributed by atoms with E-state index in [0.717, 1.165) is 53.5 Å². The van der Waals surface area contributed by atoms with Crippen molar-refractivity contribution < 1.29 is 9.94 Å². The number of nitrogens with one attached hydrogen (secondary N) is 1. The Morgan fingerprint density at radius 3 is 2.47 bits per heavy atom. The predicted molar refractivity (Wildman–Crippen MR) is 133 cm³/mol. The van der Waals surface area contributed by atoms with Crippen LogP contribution >= 0.6 is 11.3 Å². The second-order valence-electron chi connectivity index (χ2n) is 8.02. The van der Waals surface area contributed by atoms with E-state index in [4.69, 9.17) is 20.7 Å². The van der Waals surface area contributed by atoms with Crippen molar-refractivity contribution in [3.8, 4) is 17.0 Å². The Kier molecular flexibility index (Phi) is 8.50. The summed E-state index contributed by atoms with van der Waals surface area (Å²) in [4.78, 5) is 6.06. The molecule has 0 bridgehead atoms. The fourth-order valence-corrected chi connectivity index (χ4v) is 4.34. The second-order valence-corrected chi connectivity index (χ2v) is 9.26. The van der Waals surface area contributed by atoms with Crippen LogP contribution in [0.3, 0.4) is 0 Å². The summed E-state index contributed by atoms with van der Waals surface area (Å²) in [5.74, 6) is 1.49. The normalized spacial score (nSPS) is 11.7. The molecular formula is C25H32N4O2S. The molecule has 0 aliphatic heterocycles. The summed E-state index contributed by atoms with van der Waals surface area (Å²) >= 11 is 1.78. The van der Waals surface area contributed by atoms with Gasteiger partial charge < -0.3 is 21.0 Å². The van der Waals surface area contributed by atoms with Crippen molar-refractivity contribution in [2.24, 2.45) is 10.9 Å². The van der Waals surface area contributed by atoms with Crippen molar-refractivity contribution in [3.63, 3.8) is 0 Å². The molecule has 170 valence electrons. The molecule has 0 saturated carbocycles. The monoisotopic (exact) mass is 452 g/mol. The van der Waals surface area contributed by atoms with Crippen LogP contribution in [-0.2, 0) is 0 Å². The highest BCUT2D eigenvalue weighted by Crippen LogP contribution is 2.34. The average Bonchev–Trinajstić information content (AvgIpc) is 3.21. The highest BCUT2D eigenvalue weighted by atomic mass is 32.1. The number of hydrogen-bond donors (Lipinski definition) is 3. The molecule has 6 nitrogen and oxygen atoms in total. The number of ether oxygens (including phenoxy) is 1. The van der Waals surface area contributed by atoms with Crippen molar-refractivity contribution in [2.45, 2.75) is 46.0 Å². The van der Waals surface area contributed by atoms with Crippen LogP contribution in [0, 0.1) is 6.92 Å². The first-order valence-electron chi connectivity index (χ1n) is 11.0. The molecule has 1 aromatic heterocycles. The molecule has 0 radical (unpaired) electrons. The number of aryl methyl sites for hydroxylation is 1. The number of hydrogen-bond acceptors (Lipinski definition) is 6. The van der Waals surface area contributed by atoms with Crippen LogP contribution < -0.4 is 15.8 Å². The molecule has 0 spiro atoms. The lowest BCUT2D eigenvalue weighted by Gasteiger charge is -2.09. The van der Waals surface area contributed by atoms with Gasteiger partial charge >= 0.3 is 0 Å². The average molecular weight is 453 g/mol. The summed E-state index contributed by atoms with van der Waals surface area (Å²) in [6.45, 7) is 8.09. The minimum atomic E-state index is 0.115. The van der Waals surface area contributed by atoms with Crippen LogP contribution in [0.25, 0.3) is 11.3 Å². The highest BCUT2D eigenvalue weighted by molar-refractivity contribution is 7.12. The van der Waals surface area contributed by atoms with Gasteiger partial charge in [0.1, 0.15) is 5.75 Å². The smallest absolute Gasteiger partial charge is 0.170 e. The van der Waals surface area contributed by atoms with Crippen LogP contribution in [-0.4, -0.2) is 29.2 Å². The predicted octanol–water partition coefficient (Wildman–Crippen LogP) is 6.00. The topological polar surface area (TPSA) is 92.8 Å². The second kappa shape index (κ2) is 11.5. The van der Waals surface area contributed by atoms with E-state index in [-0.39, 0.29) is 5.84 Å². The molecule has 0 fully saturated rings. The third-order valence-electron chi connectivity index (χ3n) is 5.12. The van der Waals surface area contributed by atoms with Gasteiger partial charge in [-0.2, -0.15) is 0 Å². The maximum absolute atomic E-state index is 8.70. The molecule has 0 aliphatic rings. The third-order valence-corrected chi connectivity index (χ3v) is 6.39. The first-order chi connectivity index (χ1) is 15.5. The third kappa shape index (κ3) is 6.47. The molecule has 3 aromatic rings. The van der Waals surface area contributed by atoms with E-state index in [9.17, 15) is 0 Å². The van der Waals surface area contributed by atoms with Gasteiger partial charge in [-0.3, -0.25) is 0 Å². The van der Waals surface area contributed by atoms with E-state index in [2.05, 4.69) is 43.4 Å². The zero-order valence-corrected chi connectivity index (χ0v) is 19.8. The Morgan fingerprint density at radius 2 is 1.81 bits per heavy atom. The van der Waals surface area contributed by atoms with E-state index in [0.29, 0.717) is 18.1 Å². The molecule has 0 unspecified atom stereocenters. The lowest BCUT2D eigenvalue weighted by molar-refractivity contribution is 0.306. The zero-order chi connectivity index (χ0) is 22.9. The quantitative estimate of drug-likeness (QED) is 0.109. The summed E-state index contributed by atoms with van der Waals surface area (Å²) < 4.78 is 5.91. The lowest BCUT2D eigenvalue weighted by atomic mass is 10.1. The molecule has 3 rings (SSSR count). The van der Waals surface area contributed by atoms with Crippen molar-refractivity contribution in [3.05, 3.63) is 64.0 Å².